The smallest absolute Gasteiger partial charge is 0.0115 e. The molecule has 0 bridgehead atoms. The molecule has 1 N–H and O–H groups in total. The summed E-state index contributed by atoms with van der Waals surface area (Å²) in [7, 11) is 0. The van der Waals surface area contributed by atoms with E-state index in [1.54, 1.807) is 0 Å². The van der Waals surface area contributed by atoms with Crippen LogP contribution in [-0.4, -0.2) is 12.6 Å². The van der Waals surface area contributed by atoms with Crippen LogP contribution in [0.2, 0.25) is 0 Å². The van der Waals surface area contributed by atoms with E-state index in [9.17, 15) is 0 Å². The van der Waals surface area contributed by atoms with E-state index in [-0.39, 0.29) is 0 Å². The first-order chi connectivity index (χ1) is 9.36. The van der Waals surface area contributed by atoms with Crippen molar-refractivity contribution in [2.24, 2.45) is 0 Å². The number of hydrogen-bond acceptors (Lipinski definition) is 2. The molecule has 1 aromatic heterocycles. The Bertz CT molecular complexity index is 281. The normalized spacial score (nSPS) is 12.7. The van der Waals surface area contributed by atoms with Crippen LogP contribution in [0, 0.1) is 0 Å². The average Bonchev–Trinajstić information content (AvgIpc) is 2.92. The second-order valence-electron chi connectivity index (χ2n) is 5.49. The van der Waals surface area contributed by atoms with E-state index >= 15 is 0 Å². The van der Waals surface area contributed by atoms with Crippen molar-refractivity contribution in [3.63, 3.8) is 0 Å². The Morgan fingerprint density at radius 3 is 2.53 bits per heavy atom. The SMILES string of the molecule is CCCCCCCCC(Cc1cccs1)NCCC. The van der Waals surface area contributed by atoms with Gasteiger partial charge in [-0.2, -0.15) is 0 Å². The lowest BCUT2D eigenvalue weighted by molar-refractivity contribution is 0.452. The molecule has 0 saturated heterocycles. The Morgan fingerprint density at radius 1 is 1.05 bits per heavy atom. The third kappa shape index (κ3) is 8.43. The second-order valence-corrected chi connectivity index (χ2v) is 6.52. The highest BCUT2D eigenvalue weighted by Crippen LogP contribution is 2.15. The minimum absolute atomic E-state index is 0.685. The molecule has 1 atom stereocenters. The molecule has 0 aromatic carbocycles. The van der Waals surface area contributed by atoms with Crippen molar-refractivity contribution < 1.29 is 0 Å². The van der Waals surface area contributed by atoms with Gasteiger partial charge in [-0.1, -0.05) is 58.4 Å². The van der Waals surface area contributed by atoms with E-state index in [0.717, 1.165) is 6.54 Å². The first kappa shape index (κ1) is 16.7. The molecule has 0 saturated carbocycles. The van der Waals surface area contributed by atoms with Gasteiger partial charge in [0, 0.05) is 10.9 Å². The predicted molar refractivity (Wildman–Crippen MR) is 88.1 cm³/mol. The molecular formula is C17H31NS. The molecule has 0 aliphatic rings. The molecule has 0 spiro atoms. The summed E-state index contributed by atoms with van der Waals surface area (Å²) in [5.41, 5.74) is 0. The fourth-order valence-corrected chi connectivity index (χ4v) is 3.25. The van der Waals surface area contributed by atoms with Gasteiger partial charge in [0.2, 0.25) is 0 Å². The quantitative estimate of drug-likeness (QED) is 0.505. The fourth-order valence-electron chi connectivity index (χ4n) is 2.47. The molecule has 2 heteroatoms. The van der Waals surface area contributed by atoms with Gasteiger partial charge in [0.25, 0.3) is 0 Å². The maximum absolute atomic E-state index is 3.72. The lowest BCUT2D eigenvalue weighted by Crippen LogP contribution is -2.31. The van der Waals surface area contributed by atoms with Gasteiger partial charge in [-0.25, -0.2) is 0 Å². The monoisotopic (exact) mass is 281 g/mol. The molecule has 1 heterocycles. The Kier molecular flexibility index (Phi) is 10.1. The van der Waals surface area contributed by atoms with E-state index in [1.165, 1.54) is 62.7 Å². The zero-order valence-corrected chi connectivity index (χ0v) is 13.6. The first-order valence-corrected chi connectivity index (χ1v) is 9.00. The van der Waals surface area contributed by atoms with Crippen molar-refractivity contribution in [1.29, 1.82) is 0 Å². The molecule has 1 rings (SSSR count). The molecule has 0 radical (unpaired) electrons. The molecule has 0 fully saturated rings. The molecule has 1 nitrogen and oxygen atoms in total. The van der Waals surface area contributed by atoms with Crippen LogP contribution in [0.4, 0.5) is 0 Å². The number of nitrogens with one attached hydrogen (secondary N) is 1. The van der Waals surface area contributed by atoms with E-state index in [0.29, 0.717) is 6.04 Å². The number of thiophene rings is 1. The van der Waals surface area contributed by atoms with Gasteiger partial charge in [-0.05, 0) is 37.3 Å². The van der Waals surface area contributed by atoms with Crippen molar-refractivity contribution in [1.82, 2.24) is 5.32 Å². The molecule has 0 amide bonds. The Labute approximate surface area is 123 Å². The maximum atomic E-state index is 3.72. The summed E-state index contributed by atoms with van der Waals surface area (Å²) in [5, 5.41) is 5.91. The zero-order valence-electron chi connectivity index (χ0n) is 12.8. The number of hydrogen-bond donors (Lipinski definition) is 1. The third-order valence-corrected chi connectivity index (χ3v) is 4.52. The Morgan fingerprint density at radius 2 is 1.84 bits per heavy atom. The van der Waals surface area contributed by atoms with Crippen LogP contribution in [0.25, 0.3) is 0 Å². The first-order valence-electron chi connectivity index (χ1n) is 8.12. The highest BCUT2D eigenvalue weighted by atomic mass is 32.1. The van der Waals surface area contributed by atoms with Gasteiger partial charge in [-0.3, -0.25) is 0 Å². The van der Waals surface area contributed by atoms with Crippen molar-refractivity contribution in [3.8, 4) is 0 Å². The van der Waals surface area contributed by atoms with Gasteiger partial charge in [0.1, 0.15) is 0 Å². The number of rotatable bonds is 12. The Balaban J connectivity index is 2.17. The summed E-state index contributed by atoms with van der Waals surface area (Å²) >= 11 is 1.90. The fraction of sp³-hybridized carbons (Fsp3) is 0.765. The number of unbranched alkanes of at least 4 members (excludes halogenated alkanes) is 5. The van der Waals surface area contributed by atoms with Crippen LogP contribution >= 0.6 is 11.3 Å². The average molecular weight is 282 g/mol. The van der Waals surface area contributed by atoms with E-state index < -0.39 is 0 Å². The molecule has 110 valence electrons. The van der Waals surface area contributed by atoms with Crippen LogP contribution in [0.1, 0.15) is 70.1 Å². The molecule has 19 heavy (non-hydrogen) atoms. The summed E-state index contributed by atoms with van der Waals surface area (Å²) < 4.78 is 0. The third-order valence-electron chi connectivity index (χ3n) is 3.62. The second kappa shape index (κ2) is 11.5. The predicted octanol–water partition coefficient (Wildman–Crippen LogP) is 5.41. The summed E-state index contributed by atoms with van der Waals surface area (Å²) in [4.78, 5) is 1.53. The largest absolute Gasteiger partial charge is 0.314 e. The topological polar surface area (TPSA) is 12.0 Å². The van der Waals surface area contributed by atoms with Crippen LogP contribution in [0.5, 0.6) is 0 Å². The highest BCUT2D eigenvalue weighted by molar-refractivity contribution is 7.09. The van der Waals surface area contributed by atoms with E-state index in [1.807, 2.05) is 11.3 Å². The van der Waals surface area contributed by atoms with Gasteiger partial charge < -0.3 is 5.32 Å². The minimum atomic E-state index is 0.685. The van der Waals surface area contributed by atoms with Crippen LogP contribution < -0.4 is 5.32 Å². The summed E-state index contributed by atoms with van der Waals surface area (Å²) in [6.07, 6.45) is 12.2. The van der Waals surface area contributed by atoms with Crippen molar-refractivity contribution >= 4 is 11.3 Å². The van der Waals surface area contributed by atoms with Gasteiger partial charge in [-0.15, -0.1) is 11.3 Å². The van der Waals surface area contributed by atoms with Crippen LogP contribution in [-0.2, 0) is 6.42 Å². The summed E-state index contributed by atoms with van der Waals surface area (Å²) in [6, 6.07) is 5.12. The Hall–Kier alpha value is -0.340. The molecular weight excluding hydrogens is 250 g/mol. The van der Waals surface area contributed by atoms with Gasteiger partial charge in [0.05, 0.1) is 0 Å². The summed E-state index contributed by atoms with van der Waals surface area (Å²) in [5.74, 6) is 0. The lowest BCUT2D eigenvalue weighted by atomic mass is 10.0. The molecule has 1 unspecified atom stereocenters. The van der Waals surface area contributed by atoms with Gasteiger partial charge in [0.15, 0.2) is 0 Å². The highest BCUT2D eigenvalue weighted by Gasteiger charge is 2.09. The molecule has 0 aliphatic heterocycles. The standard InChI is InChI=1S/C17H31NS/c1-3-5-6-7-8-9-11-16(18-13-4-2)15-17-12-10-14-19-17/h10,12,14,16,18H,3-9,11,13,15H2,1-2H3. The van der Waals surface area contributed by atoms with Gasteiger partial charge >= 0.3 is 0 Å². The van der Waals surface area contributed by atoms with E-state index in [4.69, 9.17) is 0 Å². The molecule has 0 aliphatic carbocycles. The summed E-state index contributed by atoms with van der Waals surface area (Å²) in [6.45, 7) is 5.69. The zero-order chi connectivity index (χ0) is 13.8. The molecule has 1 aromatic rings. The maximum Gasteiger partial charge on any atom is 0.0115 e. The minimum Gasteiger partial charge on any atom is -0.314 e. The van der Waals surface area contributed by atoms with Crippen molar-refractivity contribution in [3.05, 3.63) is 22.4 Å². The van der Waals surface area contributed by atoms with Crippen molar-refractivity contribution in [2.45, 2.75) is 77.7 Å². The van der Waals surface area contributed by atoms with E-state index in [2.05, 4.69) is 36.7 Å². The van der Waals surface area contributed by atoms with Crippen LogP contribution in [0.3, 0.4) is 0 Å². The van der Waals surface area contributed by atoms with Crippen LogP contribution in [0.15, 0.2) is 17.5 Å². The lowest BCUT2D eigenvalue weighted by Gasteiger charge is -2.17. The van der Waals surface area contributed by atoms with Crippen molar-refractivity contribution in [2.75, 3.05) is 6.54 Å².